The number of nitrogens with zero attached hydrogens (tertiary/aromatic N) is 1. The van der Waals surface area contributed by atoms with Crippen LogP contribution in [0.3, 0.4) is 0 Å². The van der Waals surface area contributed by atoms with Crippen LogP contribution >= 0.6 is 0 Å². The van der Waals surface area contributed by atoms with Gasteiger partial charge in [0.1, 0.15) is 11.8 Å². The number of amides is 2. The van der Waals surface area contributed by atoms with Crippen molar-refractivity contribution in [3.63, 3.8) is 0 Å². The Balaban J connectivity index is 1.86. The van der Waals surface area contributed by atoms with Gasteiger partial charge in [0.25, 0.3) is 5.91 Å². The minimum absolute atomic E-state index is 0.130. The Morgan fingerprint density at radius 1 is 1.09 bits per heavy atom. The van der Waals surface area contributed by atoms with Crippen LogP contribution in [0.1, 0.15) is 12.0 Å². The van der Waals surface area contributed by atoms with E-state index in [9.17, 15) is 9.59 Å². The first-order valence-corrected chi connectivity index (χ1v) is 7.44. The predicted molar refractivity (Wildman–Crippen MR) is 88.7 cm³/mol. The molecule has 5 nitrogen and oxygen atoms in total. The van der Waals surface area contributed by atoms with Crippen molar-refractivity contribution in [2.24, 2.45) is 0 Å². The third-order valence-electron chi connectivity index (χ3n) is 3.94. The van der Waals surface area contributed by atoms with Crippen molar-refractivity contribution in [2.45, 2.75) is 19.4 Å². The zero-order chi connectivity index (χ0) is 16.4. The summed E-state index contributed by atoms with van der Waals surface area (Å²) >= 11 is 0. The second-order valence-corrected chi connectivity index (χ2v) is 5.46. The number of hydrogen-bond acceptors (Lipinski definition) is 4. The topological polar surface area (TPSA) is 58.6 Å². The van der Waals surface area contributed by atoms with Crippen molar-refractivity contribution < 1.29 is 14.3 Å². The second kappa shape index (κ2) is 6.12. The van der Waals surface area contributed by atoms with E-state index in [1.54, 1.807) is 13.2 Å². The fraction of sp³-hybridized carbons (Fsp3) is 0.222. The Morgan fingerprint density at radius 2 is 1.78 bits per heavy atom. The summed E-state index contributed by atoms with van der Waals surface area (Å²) in [6, 6.07) is 14.1. The first-order valence-electron chi connectivity index (χ1n) is 7.44. The van der Waals surface area contributed by atoms with Crippen molar-refractivity contribution in [1.29, 1.82) is 0 Å². The summed E-state index contributed by atoms with van der Waals surface area (Å²) in [5.41, 5.74) is 2.24. The van der Waals surface area contributed by atoms with Gasteiger partial charge in [-0.1, -0.05) is 30.3 Å². The van der Waals surface area contributed by atoms with Gasteiger partial charge in [-0.05, 0) is 30.7 Å². The molecule has 2 aromatic rings. The first-order chi connectivity index (χ1) is 11.1. The van der Waals surface area contributed by atoms with Crippen LogP contribution in [0, 0.1) is 6.92 Å². The number of nitrogens with one attached hydrogen (secondary N) is 1. The number of ether oxygens (including phenoxy) is 1. The normalized spacial score (nSPS) is 17.5. The Morgan fingerprint density at radius 3 is 2.52 bits per heavy atom. The van der Waals surface area contributed by atoms with Gasteiger partial charge in [-0.3, -0.25) is 9.59 Å². The van der Waals surface area contributed by atoms with E-state index in [0.29, 0.717) is 17.1 Å². The number of aryl methyl sites for hydroxylation is 1. The molecule has 0 unspecified atom stereocenters. The van der Waals surface area contributed by atoms with Gasteiger partial charge in [-0.15, -0.1) is 0 Å². The summed E-state index contributed by atoms with van der Waals surface area (Å²) in [6.07, 6.45) is 0.130. The van der Waals surface area contributed by atoms with E-state index in [4.69, 9.17) is 4.74 Å². The maximum Gasteiger partial charge on any atom is 0.256 e. The largest absolute Gasteiger partial charge is 0.495 e. The molecule has 0 aromatic heterocycles. The van der Waals surface area contributed by atoms with Crippen LogP contribution in [0.2, 0.25) is 0 Å². The summed E-state index contributed by atoms with van der Waals surface area (Å²) in [6.45, 7) is 1.89. The Bertz CT molecular complexity index is 757. The molecule has 118 valence electrons. The number of benzene rings is 2. The maximum absolute atomic E-state index is 12.7. The number of para-hydroxylation sites is 3. The molecule has 0 spiro atoms. The molecule has 1 aliphatic rings. The van der Waals surface area contributed by atoms with Crippen molar-refractivity contribution in [3.8, 4) is 5.75 Å². The number of imide groups is 1. The quantitative estimate of drug-likeness (QED) is 0.882. The summed E-state index contributed by atoms with van der Waals surface area (Å²) in [5, 5.41) is 3.12. The highest BCUT2D eigenvalue weighted by atomic mass is 16.5. The number of carbonyl (C=O) groups excluding carboxylic acids is 2. The monoisotopic (exact) mass is 310 g/mol. The van der Waals surface area contributed by atoms with Crippen molar-refractivity contribution in [1.82, 2.24) is 0 Å². The van der Waals surface area contributed by atoms with Crippen LogP contribution in [0.25, 0.3) is 0 Å². The van der Waals surface area contributed by atoms with E-state index in [0.717, 1.165) is 5.56 Å². The molecular formula is C18H18N2O3. The van der Waals surface area contributed by atoms with E-state index in [1.165, 1.54) is 4.90 Å². The third-order valence-corrected chi connectivity index (χ3v) is 3.94. The highest BCUT2D eigenvalue weighted by molar-refractivity contribution is 6.23. The molecule has 1 saturated heterocycles. The van der Waals surface area contributed by atoms with Crippen LogP contribution in [0.15, 0.2) is 48.5 Å². The average Bonchev–Trinajstić information content (AvgIpc) is 2.83. The van der Waals surface area contributed by atoms with Gasteiger partial charge in [-0.25, -0.2) is 4.90 Å². The molecule has 23 heavy (non-hydrogen) atoms. The maximum atomic E-state index is 12.7. The lowest BCUT2D eigenvalue weighted by molar-refractivity contribution is -0.121. The van der Waals surface area contributed by atoms with E-state index < -0.39 is 6.04 Å². The molecule has 1 N–H and O–H groups in total. The summed E-state index contributed by atoms with van der Waals surface area (Å²) in [7, 11) is 1.57. The Kier molecular flexibility index (Phi) is 4.02. The van der Waals surface area contributed by atoms with Crippen LogP contribution in [0.5, 0.6) is 5.75 Å². The lowest BCUT2D eigenvalue weighted by Crippen LogP contribution is -2.35. The SMILES string of the molecule is COc1ccccc1N[C@H]1CC(=O)N(c2ccccc2C)C1=O. The molecule has 1 atom stereocenters. The van der Waals surface area contributed by atoms with Crippen LogP contribution in [-0.4, -0.2) is 25.0 Å². The summed E-state index contributed by atoms with van der Waals surface area (Å²) < 4.78 is 5.28. The zero-order valence-electron chi connectivity index (χ0n) is 13.1. The van der Waals surface area contributed by atoms with Gasteiger partial charge in [0, 0.05) is 0 Å². The van der Waals surface area contributed by atoms with Gasteiger partial charge >= 0.3 is 0 Å². The minimum atomic E-state index is -0.585. The lowest BCUT2D eigenvalue weighted by atomic mass is 10.2. The van der Waals surface area contributed by atoms with Gasteiger partial charge in [0.15, 0.2) is 0 Å². The fourth-order valence-electron chi connectivity index (χ4n) is 2.76. The standard InChI is InChI=1S/C18H18N2O3/c1-12-7-3-5-9-15(12)20-17(21)11-14(18(20)22)19-13-8-4-6-10-16(13)23-2/h3-10,14,19H,11H2,1-2H3/t14-/m0/s1. The average molecular weight is 310 g/mol. The second-order valence-electron chi connectivity index (χ2n) is 5.46. The van der Waals surface area contributed by atoms with Gasteiger partial charge in [0.05, 0.1) is 24.9 Å². The van der Waals surface area contributed by atoms with Crippen LogP contribution in [0.4, 0.5) is 11.4 Å². The Labute approximate surface area is 134 Å². The van der Waals surface area contributed by atoms with Crippen molar-refractivity contribution in [2.75, 3.05) is 17.3 Å². The van der Waals surface area contributed by atoms with E-state index in [2.05, 4.69) is 5.32 Å². The molecular weight excluding hydrogens is 292 g/mol. The van der Waals surface area contributed by atoms with Crippen LogP contribution < -0.4 is 15.0 Å². The summed E-state index contributed by atoms with van der Waals surface area (Å²) in [5.74, 6) is 0.203. The third kappa shape index (κ3) is 2.77. The number of anilines is 2. The molecule has 3 rings (SSSR count). The van der Waals surface area contributed by atoms with E-state index in [-0.39, 0.29) is 18.2 Å². The lowest BCUT2D eigenvalue weighted by Gasteiger charge is -2.18. The molecule has 0 radical (unpaired) electrons. The number of hydrogen-bond donors (Lipinski definition) is 1. The van der Waals surface area contributed by atoms with E-state index in [1.807, 2.05) is 49.4 Å². The molecule has 2 aromatic carbocycles. The van der Waals surface area contributed by atoms with E-state index >= 15 is 0 Å². The number of carbonyl (C=O) groups is 2. The number of methoxy groups -OCH3 is 1. The van der Waals surface area contributed by atoms with Crippen molar-refractivity contribution in [3.05, 3.63) is 54.1 Å². The summed E-state index contributed by atoms with van der Waals surface area (Å²) in [4.78, 5) is 26.3. The highest BCUT2D eigenvalue weighted by Gasteiger charge is 2.40. The predicted octanol–water partition coefficient (Wildman–Crippen LogP) is 2.75. The molecule has 1 fully saturated rings. The van der Waals surface area contributed by atoms with Gasteiger partial charge < -0.3 is 10.1 Å². The van der Waals surface area contributed by atoms with Crippen molar-refractivity contribution >= 4 is 23.2 Å². The Hall–Kier alpha value is -2.82. The molecule has 0 saturated carbocycles. The fourth-order valence-corrected chi connectivity index (χ4v) is 2.76. The number of rotatable bonds is 4. The zero-order valence-corrected chi connectivity index (χ0v) is 13.1. The highest BCUT2D eigenvalue weighted by Crippen LogP contribution is 2.30. The van der Waals surface area contributed by atoms with Crippen LogP contribution in [-0.2, 0) is 9.59 Å². The molecule has 2 amide bonds. The molecule has 1 heterocycles. The molecule has 0 aliphatic carbocycles. The smallest absolute Gasteiger partial charge is 0.256 e. The molecule has 0 bridgehead atoms. The minimum Gasteiger partial charge on any atom is -0.495 e. The van der Waals surface area contributed by atoms with Gasteiger partial charge in [-0.2, -0.15) is 0 Å². The molecule has 1 aliphatic heterocycles. The first kappa shape index (κ1) is 15.1. The van der Waals surface area contributed by atoms with Gasteiger partial charge in [0.2, 0.25) is 5.91 Å². The molecule has 5 heteroatoms.